The quantitative estimate of drug-likeness (QED) is 0.653. The van der Waals surface area contributed by atoms with E-state index in [0.717, 1.165) is 11.1 Å². The second-order valence-corrected chi connectivity index (χ2v) is 7.92. The zero-order valence-corrected chi connectivity index (χ0v) is 16.3. The standard InChI is InChI=1S/C19H17N5O3S/c1-13-4-6-15(17-7-5-14(10-20)11-21-17)8-18(13)24(2)28(25,26)16-9-19(27-3)23-22-12-16/h4-9,11-12H,1-3H3. The molecular weight excluding hydrogens is 378 g/mol. The van der Waals surface area contributed by atoms with E-state index < -0.39 is 10.0 Å². The summed E-state index contributed by atoms with van der Waals surface area (Å²) >= 11 is 0. The summed E-state index contributed by atoms with van der Waals surface area (Å²) in [5.74, 6) is 0.113. The van der Waals surface area contributed by atoms with Crippen molar-refractivity contribution >= 4 is 15.7 Å². The van der Waals surface area contributed by atoms with Crippen molar-refractivity contribution in [1.82, 2.24) is 15.2 Å². The van der Waals surface area contributed by atoms with E-state index in [9.17, 15) is 8.42 Å². The maximum atomic E-state index is 13.0. The van der Waals surface area contributed by atoms with E-state index in [1.54, 1.807) is 18.2 Å². The topological polar surface area (TPSA) is 109 Å². The van der Waals surface area contributed by atoms with Gasteiger partial charge in [0, 0.05) is 24.9 Å². The van der Waals surface area contributed by atoms with Gasteiger partial charge in [-0.25, -0.2) is 8.42 Å². The molecule has 3 aromatic rings. The van der Waals surface area contributed by atoms with Gasteiger partial charge in [-0.05, 0) is 30.7 Å². The first-order valence-electron chi connectivity index (χ1n) is 8.19. The molecule has 0 aliphatic heterocycles. The molecule has 0 radical (unpaired) electrons. The first-order chi connectivity index (χ1) is 13.4. The minimum absolute atomic E-state index is 0.0249. The Balaban J connectivity index is 2.03. The van der Waals surface area contributed by atoms with E-state index in [4.69, 9.17) is 10.00 Å². The minimum Gasteiger partial charge on any atom is -0.480 e. The van der Waals surface area contributed by atoms with Crippen LogP contribution in [0.4, 0.5) is 5.69 Å². The first-order valence-corrected chi connectivity index (χ1v) is 9.63. The van der Waals surface area contributed by atoms with Crippen LogP contribution in [0.25, 0.3) is 11.3 Å². The normalized spacial score (nSPS) is 10.9. The summed E-state index contributed by atoms with van der Waals surface area (Å²) < 4.78 is 32.2. The van der Waals surface area contributed by atoms with Crippen LogP contribution in [0.1, 0.15) is 11.1 Å². The highest BCUT2D eigenvalue weighted by molar-refractivity contribution is 7.92. The van der Waals surface area contributed by atoms with Crippen LogP contribution in [0, 0.1) is 18.3 Å². The average Bonchev–Trinajstić information content (AvgIpc) is 2.73. The molecule has 0 aliphatic carbocycles. The van der Waals surface area contributed by atoms with E-state index in [1.165, 1.54) is 36.9 Å². The number of rotatable bonds is 5. The van der Waals surface area contributed by atoms with Crippen molar-refractivity contribution < 1.29 is 13.2 Å². The number of nitrogens with zero attached hydrogens (tertiary/aromatic N) is 5. The van der Waals surface area contributed by atoms with E-state index in [0.29, 0.717) is 16.9 Å². The SMILES string of the molecule is COc1cc(S(=O)(=O)N(C)c2cc(-c3ccc(C#N)cn3)ccc2C)cnn1. The highest BCUT2D eigenvalue weighted by Gasteiger charge is 2.24. The highest BCUT2D eigenvalue weighted by atomic mass is 32.2. The fourth-order valence-electron chi connectivity index (χ4n) is 2.60. The number of benzene rings is 1. The minimum atomic E-state index is -3.87. The number of nitriles is 1. The van der Waals surface area contributed by atoms with Gasteiger partial charge < -0.3 is 4.74 Å². The third-order valence-electron chi connectivity index (χ3n) is 4.21. The van der Waals surface area contributed by atoms with Gasteiger partial charge in [-0.15, -0.1) is 5.10 Å². The lowest BCUT2D eigenvalue weighted by Crippen LogP contribution is -2.27. The summed E-state index contributed by atoms with van der Waals surface area (Å²) in [6.07, 6.45) is 2.65. The zero-order valence-electron chi connectivity index (χ0n) is 15.5. The Hall–Kier alpha value is -3.51. The Morgan fingerprint density at radius 3 is 2.57 bits per heavy atom. The predicted octanol–water partition coefficient (Wildman–Crippen LogP) is 2.55. The maximum absolute atomic E-state index is 13.0. The maximum Gasteiger partial charge on any atom is 0.265 e. The Morgan fingerprint density at radius 1 is 1.14 bits per heavy atom. The average molecular weight is 395 g/mol. The lowest BCUT2D eigenvalue weighted by Gasteiger charge is -2.22. The van der Waals surface area contributed by atoms with Gasteiger partial charge in [-0.3, -0.25) is 9.29 Å². The molecule has 1 aromatic carbocycles. The summed E-state index contributed by atoms with van der Waals surface area (Å²) in [5.41, 5.74) is 3.10. The van der Waals surface area contributed by atoms with E-state index >= 15 is 0 Å². The van der Waals surface area contributed by atoms with Crippen molar-refractivity contribution in [2.45, 2.75) is 11.8 Å². The molecule has 0 bridgehead atoms. The second kappa shape index (κ2) is 7.62. The van der Waals surface area contributed by atoms with Gasteiger partial charge in [0.05, 0.1) is 30.3 Å². The summed E-state index contributed by atoms with van der Waals surface area (Å²) in [4.78, 5) is 4.24. The van der Waals surface area contributed by atoms with Crippen LogP contribution >= 0.6 is 0 Å². The van der Waals surface area contributed by atoms with Crippen molar-refractivity contribution in [3.05, 3.63) is 59.9 Å². The van der Waals surface area contributed by atoms with Crippen LogP contribution in [0.2, 0.25) is 0 Å². The Bertz CT molecular complexity index is 1150. The number of anilines is 1. The smallest absolute Gasteiger partial charge is 0.265 e. The molecule has 8 nitrogen and oxygen atoms in total. The Kier molecular flexibility index (Phi) is 5.24. The number of ether oxygens (including phenoxy) is 1. The summed E-state index contributed by atoms with van der Waals surface area (Å²) in [5, 5.41) is 16.3. The van der Waals surface area contributed by atoms with Crippen LogP contribution in [0.5, 0.6) is 5.88 Å². The monoisotopic (exact) mass is 395 g/mol. The van der Waals surface area contributed by atoms with Gasteiger partial charge in [0.1, 0.15) is 11.0 Å². The summed E-state index contributed by atoms with van der Waals surface area (Å²) in [6, 6.07) is 12.1. The second-order valence-electron chi connectivity index (χ2n) is 5.95. The molecule has 0 atom stereocenters. The number of hydrogen-bond acceptors (Lipinski definition) is 7. The number of aromatic nitrogens is 3. The molecular formula is C19H17N5O3S. The van der Waals surface area contributed by atoms with Crippen LogP contribution in [-0.4, -0.2) is 37.8 Å². The molecule has 0 N–H and O–H groups in total. The van der Waals surface area contributed by atoms with Gasteiger partial charge in [-0.1, -0.05) is 12.1 Å². The van der Waals surface area contributed by atoms with Gasteiger partial charge in [0.2, 0.25) is 5.88 Å². The van der Waals surface area contributed by atoms with E-state index in [2.05, 4.69) is 15.2 Å². The van der Waals surface area contributed by atoms with Crippen molar-refractivity contribution in [3.8, 4) is 23.2 Å². The largest absolute Gasteiger partial charge is 0.480 e. The van der Waals surface area contributed by atoms with Crippen LogP contribution in [0.3, 0.4) is 0 Å². The van der Waals surface area contributed by atoms with Crippen molar-refractivity contribution in [3.63, 3.8) is 0 Å². The number of pyridine rings is 1. The van der Waals surface area contributed by atoms with Crippen LogP contribution in [0.15, 0.2) is 53.7 Å². The molecule has 9 heteroatoms. The van der Waals surface area contributed by atoms with E-state index in [-0.39, 0.29) is 10.8 Å². The Morgan fingerprint density at radius 2 is 1.93 bits per heavy atom. The number of aryl methyl sites for hydroxylation is 1. The molecule has 2 heterocycles. The molecule has 0 saturated heterocycles. The highest BCUT2D eigenvalue weighted by Crippen LogP contribution is 2.30. The molecule has 28 heavy (non-hydrogen) atoms. The zero-order chi connectivity index (χ0) is 20.3. The lowest BCUT2D eigenvalue weighted by atomic mass is 10.1. The first kappa shape index (κ1) is 19.3. The fourth-order valence-corrected chi connectivity index (χ4v) is 3.80. The lowest BCUT2D eigenvalue weighted by molar-refractivity contribution is 0.390. The molecule has 142 valence electrons. The Labute approximate surface area is 163 Å². The summed E-state index contributed by atoms with van der Waals surface area (Å²) in [6.45, 7) is 1.82. The summed E-state index contributed by atoms with van der Waals surface area (Å²) in [7, 11) is -1.01. The molecule has 2 aromatic heterocycles. The van der Waals surface area contributed by atoms with Gasteiger partial charge in [0.15, 0.2) is 0 Å². The number of sulfonamides is 1. The molecule has 0 fully saturated rings. The molecule has 0 saturated carbocycles. The van der Waals surface area contributed by atoms with Crippen molar-refractivity contribution in [2.24, 2.45) is 0 Å². The fraction of sp³-hybridized carbons (Fsp3) is 0.158. The number of methoxy groups -OCH3 is 1. The predicted molar refractivity (Wildman–Crippen MR) is 103 cm³/mol. The van der Waals surface area contributed by atoms with E-state index in [1.807, 2.05) is 25.1 Å². The van der Waals surface area contributed by atoms with Crippen LogP contribution in [-0.2, 0) is 10.0 Å². The third kappa shape index (κ3) is 3.63. The molecule has 0 amide bonds. The van der Waals surface area contributed by atoms with Crippen molar-refractivity contribution in [2.75, 3.05) is 18.5 Å². The molecule has 0 aliphatic rings. The van der Waals surface area contributed by atoms with Crippen LogP contribution < -0.4 is 9.04 Å². The molecule has 0 unspecified atom stereocenters. The third-order valence-corrected chi connectivity index (χ3v) is 5.95. The number of hydrogen-bond donors (Lipinski definition) is 0. The van der Waals surface area contributed by atoms with Gasteiger partial charge in [0.25, 0.3) is 10.0 Å². The van der Waals surface area contributed by atoms with Gasteiger partial charge >= 0.3 is 0 Å². The van der Waals surface area contributed by atoms with Crippen molar-refractivity contribution in [1.29, 1.82) is 5.26 Å². The molecule has 3 rings (SSSR count). The van der Waals surface area contributed by atoms with Gasteiger partial charge in [-0.2, -0.15) is 10.4 Å². The molecule has 0 spiro atoms.